The lowest BCUT2D eigenvalue weighted by molar-refractivity contribution is 0.123. The molecule has 0 radical (unpaired) electrons. The number of aryl methyl sites for hydroxylation is 2. The zero-order valence-electron chi connectivity index (χ0n) is 19.5. The van der Waals surface area contributed by atoms with Gasteiger partial charge in [0, 0.05) is 45.2 Å². The van der Waals surface area contributed by atoms with E-state index in [1.807, 2.05) is 56.0 Å². The summed E-state index contributed by atoms with van der Waals surface area (Å²) in [6, 6.07) is 7.99. The Hall–Kier alpha value is -1.81. The lowest BCUT2D eigenvalue weighted by Gasteiger charge is -2.14. The monoisotopic (exact) mass is 555 g/mol. The fraction of sp³-hybridized carbons (Fsp3) is 0.583. The molecular weight excluding hydrogens is 517 g/mol. The third kappa shape index (κ3) is 10.7. The Morgan fingerprint density at radius 1 is 1.22 bits per heavy atom. The van der Waals surface area contributed by atoms with Crippen molar-refractivity contribution in [3.8, 4) is 5.75 Å². The lowest BCUT2D eigenvalue weighted by Crippen LogP contribution is -2.32. The van der Waals surface area contributed by atoms with Crippen LogP contribution in [-0.2, 0) is 18.2 Å². The van der Waals surface area contributed by atoms with E-state index in [2.05, 4.69) is 21.9 Å². The van der Waals surface area contributed by atoms with E-state index >= 15 is 0 Å². The van der Waals surface area contributed by atoms with Crippen molar-refractivity contribution in [2.24, 2.45) is 18.0 Å². The minimum absolute atomic E-state index is 0. The summed E-state index contributed by atoms with van der Waals surface area (Å²) in [7, 11) is 1.94. The highest BCUT2D eigenvalue weighted by Crippen LogP contribution is 2.28. The van der Waals surface area contributed by atoms with Gasteiger partial charge in [0.1, 0.15) is 5.75 Å². The Balaban J connectivity index is 0.00000363. The van der Waals surface area contributed by atoms with Crippen molar-refractivity contribution in [2.75, 3.05) is 31.6 Å². The van der Waals surface area contributed by atoms with Crippen molar-refractivity contribution < 1.29 is 9.47 Å². The molecule has 2 N–H and O–H groups in total. The number of ether oxygens (including phenoxy) is 2. The average molecular weight is 556 g/mol. The van der Waals surface area contributed by atoms with E-state index in [1.165, 1.54) is 18.4 Å². The van der Waals surface area contributed by atoms with Gasteiger partial charge in [-0.05, 0) is 81.7 Å². The molecule has 1 aliphatic rings. The highest BCUT2D eigenvalue weighted by atomic mass is 127. The Kier molecular flexibility index (Phi) is 11.9. The third-order valence-electron chi connectivity index (χ3n) is 4.95. The largest absolute Gasteiger partial charge is 0.491 e. The van der Waals surface area contributed by atoms with E-state index in [4.69, 9.17) is 14.5 Å². The number of halogens is 1. The second-order valence-corrected chi connectivity index (χ2v) is 8.47. The molecule has 1 fully saturated rings. The molecule has 0 spiro atoms. The topological polar surface area (TPSA) is 72.7 Å². The average Bonchev–Trinajstić information content (AvgIpc) is 3.48. The van der Waals surface area contributed by atoms with E-state index in [1.54, 1.807) is 0 Å². The number of benzene rings is 1. The Morgan fingerprint density at radius 2 is 2.00 bits per heavy atom. The molecule has 1 aromatic carbocycles. The van der Waals surface area contributed by atoms with Crippen molar-refractivity contribution in [3.05, 3.63) is 42.2 Å². The van der Waals surface area contributed by atoms with Gasteiger partial charge in [-0.15, -0.1) is 24.0 Å². The van der Waals surface area contributed by atoms with Crippen LogP contribution in [0.1, 0.15) is 45.1 Å². The van der Waals surface area contributed by atoms with Crippen molar-refractivity contribution in [2.45, 2.75) is 52.1 Å². The SMILES string of the molecule is CC(C)Oc1ccc(NC(=NCCCc2cnn(C)c2)NCCCOCC2CC2)cc1.I. The van der Waals surface area contributed by atoms with Crippen molar-refractivity contribution in [1.29, 1.82) is 0 Å². The smallest absolute Gasteiger partial charge is 0.195 e. The summed E-state index contributed by atoms with van der Waals surface area (Å²) in [6.45, 7) is 7.34. The first-order valence-electron chi connectivity index (χ1n) is 11.5. The molecule has 32 heavy (non-hydrogen) atoms. The fourth-order valence-electron chi connectivity index (χ4n) is 3.16. The summed E-state index contributed by atoms with van der Waals surface area (Å²) >= 11 is 0. The van der Waals surface area contributed by atoms with Crippen molar-refractivity contribution in [1.82, 2.24) is 15.1 Å². The molecule has 0 atom stereocenters. The van der Waals surface area contributed by atoms with Gasteiger partial charge in [-0.3, -0.25) is 9.67 Å². The van der Waals surface area contributed by atoms with Crippen molar-refractivity contribution >= 4 is 35.6 Å². The van der Waals surface area contributed by atoms with Crippen LogP contribution in [0.3, 0.4) is 0 Å². The molecule has 0 amide bonds. The van der Waals surface area contributed by atoms with Gasteiger partial charge in [0.25, 0.3) is 0 Å². The molecule has 7 nitrogen and oxygen atoms in total. The molecule has 8 heteroatoms. The minimum Gasteiger partial charge on any atom is -0.491 e. The van der Waals surface area contributed by atoms with Crippen LogP contribution in [0.4, 0.5) is 5.69 Å². The van der Waals surface area contributed by atoms with E-state index in [-0.39, 0.29) is 30.1 Å². The van der Waals surface area contributed by atoms with Crippen LogP contribution >= 0.6 is 24.0 Å². The van der Waals surface area contributed by atoms with Gasteiger partial charge in [0.2, 0.25) is 0 Å². The summed E-state index contributed by atoms with van der Waals surface area (Å²) in [6.07, 6.45) is 9.72. The van der Waals surface area contributed by atoms with Crippen LogP contribution in [0.25, 0.3) is 0 Å². The van der Waals surface area contributed by atoms with Gasteiger partial charge >= 0.3 is 0 Å². The van der Waals surface area contributed by atoms with Crippen molar-refractivity contribution in [3.63, 3.8) is 0 Å². The van der Waals surface area contributed by atoms with Gasteiger partial charge < -0.3 is 20.1 Å². The van der Waals surface area contributed by atoms with Crippen LogP contribution < -0.4 is 15.4 Å². The first-order chi connectivity index (χ1) is 15.1. The van der Waals surface area contributed by atoms with Crippen LogP contribution in [-0.4, -0.2) is 48.1 Å². The summed E-state index contributed by atoms with van der Waals surface area (Å²) in [5.41, 5.74) is 2.23. The van der Waals surface area contributed by atoms with Crippen LogP contribution in [0.5, 0.6) is 5.75 Å². The van der Waals surface area contributed by atoms with Gasteiger partial charge in [-0.1, -0.05) is 0 Å². The number of nitrogens with zero attached hydrogens (tertiary/aromatic N) is 3. The van der Waals surface area contributed by atoms with Crippen LogP contribution in [0, 0.1) is 5.92 Å². The third-order valence-corrected chi connectivity index (χ3v) is 4.95. The number of anilines is 1. The Labute approximate surface area is 209 Å². The van der Waals surface area contributed by atoms with Crippen LogP contribution in [0.2, 0.25) is 0 Å². The molecule has 0 bridgehead atoms. The maximum atomic E-state index is 5.73. The number of hydrogen-bond donors (Lipinski definition) is 2. The first-order valence-corrected chi connectivity index (χ1v) is 11.5. The predicted octanol–water partition coefficient (Wildman–Crippen LogP) is 4.63. The molecular formula is C24H38IN5O2. The summed E-state index contributed by atoms with van der Waals surface area (Å²) < 4.78 is 13.3. The normalized spacial score (nSPS) is 13.7. The fourth-order valence-corrected chi connectivity index (χ4v) is 3.16. The van der Waals surface area contributed by atoms with Gasteiger partial charge in [-0.2, -0.15) is 5.10 Å². The quantitative estimate of drug-likeness (QED) is 0.163. The summed E-state index contributed by atoms with van der Waals surface area (Å²) in [5, 5.41) is 11.1. The Bertz CT molecular complexity index is 803. The highest BCUT2D eigenvalue weighted by Gasteiger charge is 2.20. The number of guanidine groups is 1. The molecule has 0 unspecified atom stereocenters. The standard InChI is InChI=1S/C24H37N5O2.HI/c1-19(2)31-23-11-9-22(10-12-23)28-24(26-14-5-15-30-18-20-7-8-20)25-13-4-6-21-16-27-29(3)17-21;/h9-12,16-17,19-20H,4-8,13-15,18H2,1-3H3,(H2,25,26,28);1H. The molecule has 1 aliphatic carbocycles. The van der Waals surface area contributed by atoms with E-state index in [0.717, 1.165) is 68.9 Å². The van der Waals surface area contributed by atoms with Gasteiger partial charge in [0.15, 0.2) is 5.96 Å². The minimum atomic E-state index is 0. The first kappa shape index (κ1) is 26.4. The molecule has 0 aliphatic heterocycles. The van der Waals surface area contributed by atoms with Crippen LogP contribution in [0.15, 0.2) is 41.7 Å². The highest BCUT2D eigenvalue weighted by molar-refractivity contribution is 14.0. The summed E-state index contributed by atoms with van der Waals surface area (Å²) in [5.74, 6) is 2.48. The summed E-state index contributed by atoms with van der Waals surface area (Å²) in [4.78, 5) is 4.76. The van der Waals surface area contributed by atoms with E-state index in [9.17, 15) is 0 Å². The molecule has 3 rings (SSSR count). The number of rotatable bonds is 13. The molecule has 1 aromatic heterocycles. The molecule has 2 aromatic rings. The predicted molar refractivity (Wildman–Crippen MR) is 141 cm³/mol. The maximum absolute atomic E-state index is 5.73. The lowest BCUT2D eigenvalue weighted by atomic mass is 10.2. The molecule has 1 heterocycles. The second-order valence-electron chi connectivity index (χ2n) is 8.47. The number of hydrogen-bond acceptors (Lipinski definition) is 4. The Morgan fingerprint density at radius 3 is 2.66 bits per heavy atom. The van der Waals surface area contributed by atoms with Gasteiger partial charge in [-0.25, -0.2) is 0 Å². The molecule has 178 valence electrons. The number of aliphatic imine (C=N–C) groups is 1. The van der Waals surface area contributed by atoms with E-state index in [0.29, 0.717) is 0 Å². The zero-order valence-corrected chi connectivity index (χ0v) is 21.9. The number of nitrogens with one attached hydrogen (secondary N) is 2. The molecule has 0 saturated heterocycles. The van der Waals surface area contributed by atoms with E-state index < -0.39 is 0 Å². The molecule has 1 saturated carbocycles. The van der Waals surface area contributed by atoms with Gasteiger partial charge in [0.05, 0.1) is 12.3 Å². The number of aromatic nitrogens is 2. The zero-order chi connectivity index (χ0) is 21.9. The maximum Gasteiger partial charge on any atom is 0.195 e. The second kappa shape index (κ2) is 14.4.